The fourth-order valence-electron chi connectivity index (χ4n) is 4.52. The van der Waals surface area contributed by atoms with Gasteiger partial charge < -0.3 is 14.4 Å². The molecule has 192 valence electrons. The summed E-state index contributed by atoms with van der Waals surface area (Å²) in [6.45, 7) is 6.16. The fourth-order valence-corrected chi connectivity index (χ4v) is 4.52. The number of esters is 1. The Bertz CT molecular complexity index is 1430. The second-order valence-electron chi connectivity index (χ2n) is 9.75. The fraction of sp³-hybridized carbons (Fsp3) is 0.364. The lowest BCUT2D eigenvalue weighted by Gasteiger charge is -2.34. The maximum absolute atomic E-state index is 12.0. The van der Waals surface area contributed by atoms with Crippen molar-refractivity contribution in [1.29, 1.82) is 0 Å². The molecule has 1 fully saturated rings. The number of carbonyl (C=O) groups excluding carboxylic acids is 1. The lowest BCUT2D eigenvalue weighted by Crippen LogP contribution is -2.38. The Morgan fingerprint density at radius 3 is 2.35 bits per heavy atom. The molecule has 1 aliphatic heterocycles. The number of carbonyl (C=O) groups is 1. The Labute approximate surface area is 228 Å². The Morgan fingerprint density at radius 2 is 1.70 bits per heavy atom. The normalized spacial score (nSPS) is 17.3. The monoisotopic (exact) mass is 500 g/mol. The molecule has 0 amide bonds. The highest BCUT2D eigenvalue weighted by Crippen LogP contribution is 2.30. The predicted octanol–water partition coefficient (Wildman–Crippen LogP) is 6.15. The van der Waals surface area contributed by atoms with Crippen LogP contribution in [0.5, 0.6) is 0 Å². The molecule has 37 heavy (non-hydrogen) atoms. The van der Waals surface area contributed by atoms with E-state index in [1.807, 2.05) is 68.4 Å². The first-order valence-corrected chi connectivity index (χ1v) is 12.7. The van der Waals surface area contributed by atoms with Gasteiger partial charge >= 0.3 is 5.97 Å². The molecule has 4 rings (SSSR count). The molecule has 1 unspecified atom stereocenters. The van der Waals surface area contributed by atoms with Crippen molar-refractivity contribution in [1.82, 2.24) is 4.90 Å². The van der Waals surface area contributed by atoms with Crippen LogP contribution >= 0.6 is 0 Å². The largest absolute Gasteiger partial charge is 0.468 e. The van der Waals surface area contributed by atoms with Gasteiger partial charge in [0, 0.05) is 31.6 Å². The molecule has 1 saturated heterocycles. The first kappa shape index (κ1) is 20.6. The third-order valence-electron chi connectivity index (χ3n) is 6.84. The highest BCUT2D eigenvalue weighted by Gasteiger charge is 2.30. The SMILES string of the molecule is [2H]c1c([2H])c([2H])c(C(OC2CCN(CCC#Cc3ccc(C(C)(C)C(=O)OC)cc3)CC2)c2ccccc2)c([2H])c1[2H]. The smallest absolute Gasteiger partial charge is 0.315 e. The van der Waals surface area contributed by atoms with E-state index in [0.29, 0.717) is 0 Å². The standard InChI is InChI=1S/C33H37NO3/c1-33(2,32(35)36-3)29-19-17-26(18-20-29)12-10-11-23-34-24-21-30(22-25-34)37-31(27-13-6-4-7-14-27)28-15-8-5-9-16-28/h4-9,13-20,30-31H,11,21-25H2,1-3H3/i4D,6D,7D,13D,14D. The molecule has 0 aromatic heterocycles. The van der Waals surface area contributed by atoms with Crippen LogP contribution in [-0.2, 0) is 19.7 Å². The molecule has 0 aliphatic carbocycles. The van der Waals surface area contributed by atoms with E-state index in [2.05, 4.69) is 16.7 Å². The predicted molar refractivity (Wildman–Crippen MR) is 148 cm³/mol. The summed E-state index contributed by atoms with van der Waals surface area (Å²) >= 11 is 0. The quantitative estimate of drug-likeness (QED) is 0.275. The minimum atomic E-state index is -0.757. The lowest BCUT2D eigenvalue weighted by molar-refractivity contribution is -0.146. The Kier molecular flexibility index (Phi) is 7.10. The third-order valence-corrected chi connectivity index (χ3v) is 6.84. The van der Waals surface area contributed by atoms with Gasteiger partial charge in [0.1, 0.15) is 6.10 Å². The zero-order valence-electron chi connectivity index (χ0n) is 26.8. The van der Waals surface area contributed by atoms with Crippen LogP contribution in [0.25, 0.3) is 0 Å². The molecule has 0 spiro atoms. The average Bonchev–Trinajstić information content (AvgIpc) is 3.01. The van der Waals surface area contributed by atoms with E-state index >= 15 is 0 Å². The Hall–Kier alpha value is -3.39. The van der Waals surface area contributed by atoms with E-state index in [1.54, 1.807) is 0 Å². The zero-order valence-corrected chi connectivity index (χ0v) is 21.8. The van der Waals surface area contributed by atoms with Crippen molar-refractivity contribution in [3.05, 3.63) is 107 Å². The van der Waals surface area contributed by atoms with Crippen LogP contribution in [0.15, 0.2) is 84.8 Å². The molecule has 1 aliphatic rings. The van der Waals surface area contributed by atoms with E-state index < -0.39 is 17.6 Å². The van der Waals surface area contributed by atoms with Gasteiger partial charge in [0.05, 0.1) is 25.5 Å². The molecular formula is C33H37NO3. The van der Waals surface area contributed by atoms with Gasteiger partial charge in [-0.3, -0.25) is 4.79 Å². The summed E-state index contributed by atoms with van der Waals surface area (Å²) in [4.78, 5) is 14.4. The number of rotatable bonds is 8. The van der Waals surface area contributed by atoms with Crippen LogP contribution in [0.3, 0.4) is 0 Å². The van der Waals surface area contributed by atoms with Crippen molar-refractivity contribution < 1.29 is 21.1 Å². The summed E-state index contributed by atoms with van der Waals surface area (Å²) in [5, 5.41) is 0. The first-order valence-electron chi connectivity index (χ1n) is 15.2. The summed E-state index contributed by atoms with van der Waals surface area (Å²) in [5.41, 5.74) is 1.99. The van der Waals surface area contributed by atoms with Crippen LogP contribution in [0, 0.1) is 11.8 Å². The van der Waals surface area contributed by atoms with Crippen LogP contribution in [-0.4, -0.2) is 43.7 Å². The lowest BCUT2D eigenvalue weighted by atomic mass is 9.84. The van der Waals surface area contributed by atoms with Crippen LogP contribution < -0.4 is 0 Å². The van der Waals surface area contributed by atoms with Gasteiger partial charge in [-0.2, -0.15) is 0 Å². The number of hydrogen-bond donors (Lipinski definition) is 0. The van der Waals surface area contributed by atoms with Crippen LogP contribution in [0.2, 0.25) is 0 Å². The highest BCUT2D eigenvalue weighted by molar-refractivity contribution is 5.82. The topological polar surface area (TPSA) is 38.8 Å². The van der Waals surface area contributed by atoms with Crippen molar-refractivity contribution in [2.75, 3.05) is 26.7 Å². The van der Waals surface area contributed by atoms with Gasteiger partial charge in [-0.1, -0.05) is 84.5 Å². The highest BCUT2D eigenvalue weighted by atomic mass is 16.5. The summed E-state index contributed by atoms with van der Waals surface area (Å²) in [7, 11) is 1.39. The number of piperidine rings is 1. The summed E-state index contributed by atoms with van der Waals surface area (Å²) in [5.74, 6) is 6.17. The molecule has 1 heterocycles. The number of ether oxygens (including phenoxy) is 2. The second kappa shape index (κ2) is 12.7. The number of benzene rings is 3. The van der Waals surface area contributed by atoms with Crippen molar-refractivity contribution in [3.63, 3.8) is 0 Å². The summed E-state index contributed by atoms with van der Waals surface area (Å²) < 4.78 is 52.6. The third kappa shape index (κ3) is 7.10. The molecular weight excluding hydrogens is 458 g/mol. The van der Waals surface area contributed by atoms with Crippen molar-refractivity contribution >= 4 is 5.97 Å². The van der Waals surface area contributed by atoms with Gasteiger partial charge in [-0.15, -0.1) is 0 Å². The second-order valence-corrected chi connectivity index (χ2v) is 9.75. The van der Waals surface area contributed by atoms with Crippen LogP contribution in [0.4, 0.5) is 0 Å². The Balaban J connectivity index is 1.35. The molecule has 0 saturated carbocycles. The van der Waals surface area contributed by atoms with Gasteiger partial charge in [0.15, 0.2) is 0 Å². The number of nitrogens with zero attached hydrogens (tertiary/aromatic N) is 1. The zero-order chi connectivity index (χ0) is 30.4. The van der Waals surface area contributed by atoms with Crippen molar-refractivity contribution in [2.24, 2.45) is 0 Å². The number of likely N-dealkylation sites (tertiary alicyclic amines) is 1. The van der Waals surface area contributed by atoms with E-state index in [9.17, 15) is 4.79 Å². The van der Waals surface area contributed by atoms with Crippen LogP contribution in [0.1, 0.15) is 68.3 Å². The van der Waals surface area contributed by atoms with Gasteiger partial charge in [-0.25, -0.2) is 0 Å². The molecule has 1 atom stereocenters. The maximum atomic E-state index is 12.0. The maximum Gasteiger partial charge on any atom is 0.315 e. The van der Waals surface area contributed by atoms with Crippen molar-refractivity contribution in [3.8, 4) is 11.8 Å². The number of methoxy groups -OCH3 is 1. The summed E-state index contributed by atoms with van der Waals surface area (Å²) in [6.07, 6.45) is 1.39. The van der Waals surface area contributed by atoms with E-state index in [-0.39, 0.29) is 41.8 Å². The first-order chi connectivity index (χ1) is 20.0. The van der Waals surface area contributed by atoms with Crippen molar-refractivity contribution in [2.45, 2.75) is 50.7 Å². The van der Waals surface area contributed by atoms with Gasteiger partial charge in [-0.05, 0) is 55.5 Å². The summed E-state index contributed by atoms with van der Waals surface area (Å²) in [6, 6.07) is 15.5. The molecule has 4 heteroatoms. The van der Waals surface area contributed by atoms with Gasteiger partial charge in [0.25, 0.3) is 0 Å². The minimum absolute atomic E-state index is 0.108. The Morgan fingerprint density at radius 1 is 1.03 bits per heavy atom. The minimum Gasteiger partial charge on any atom is -0.468 e. The van der Waals surface area contributed by atoms with E-state index in [0.717, 1.165) is 55.6 Å². The molecule has 0 radical (unpaired) electrons. The molecule has 3 aromatic rings. The molecule has 4 nitrogen and oxygen atoms in total. The molecule has 3 aromatic carbocycles. The van der Waals surface area contributed by atoms with E-state index in [4.69, 9.17) is 16.3 Å². The molecule has 0 N–H and O–H groups in total. The average molecular weight is 501 g/mol. The van der Waals surface area contributed by atoms with E-state index in [1.165, 1.54) is 7.11 Å². The van der Waals surface area contributed by atoms with Gasteiger partial charge in [0.2, 0.25) is 0 Å². The number of hydrogen-bond acceptors (Lipinski definition) is 4. The molecule has 0 bridgehead atoms.